The molecule has 1 heterocycles. The van der Waals surface area contributed by atoms with Gasteiger partial charge in [0, 0.05) is 0 Å². The molecule has 48 valence electrons. The molecule has 0 aliphatic carbocycles. The Kier molecular flexibility index (Phi) is 1.94. The van der Waals surface area contributed by atoms with Crippen LogP contribution in [0.4, 0.5) is 8.78 Å². The number of aromatic nitrogens is 1. The molecule has 0 fully saturated rings. The van der Waals surface area contributed by atoms with Gasteiger partial charge in [0.15, 0.2) is 0 Å². The van der Waals surface area contributed by atoms with Gasteiger partial charge in [0.1, 0.15) is 0 Å². The van der Waals surface area contributed by atoms with Crippen LogP contribution in [0.5, 0.6) is 0 Å². The second kappa shape index (κ2) is 2.55. The van der Waals surface area contributed by atoms with Gasteiger partial charge in [0.25, 0.3) is 0 Å². The largest absolute Gasteiger partial charge is 0.228 e. The van der Waals surface area contributed by atoms with E-state index in [0.29, 0.717) is 3.57 Å². The van der Waals surface area contributed by atoms with Crippen molar-refractivity contribution in [3.8, 4) is 0 Å². The minimum atomic E-state index is -0.784. The first-order chi connectivity index (χ1) is 4.20. The quantitative estimate of drug-likeness (QED) is 0.499. The lowest BCUT2D eigenvalue weighted by Gasteiger charge is -1.89. The van der Waals surface area contributed by atoms with Crippen molar-refractivity contribution in [2.45, 2.75) is 0 Å². The first-order valence-corrected chi connectivity index (χ1v) is 3.25. The third-order valence-electron chi connectivity index (χ3n) is 0.769. The van der Waals surface area contributed by atoms with E-state index in [1.165, 1.54) is 6.07 Å². The molecule has 0 bridgehead atoms. The van der Waals surface area contributed by atoms with Crippen LogP contribution in [-0.4, -0.2) is 4.98 Å². The minimum Gasteiger partial charge on any atom is -0.190 e. The normalized spacial score (nSPS) is 9.67. The zero-order chi connectivity index (χ0) is 6.85. The Morgan fingerprint density at radius 1 is 1.33 bits per heavy atom. The highest BCUT2D eigenvalue weighted by Crippen LogP contribution is 2.07. The molecule has 0 saturated heterocycles. The van der Waals surface area contributed by atoms with Crippen LogP contribution in [0, 0.1) is 15.5 Å². The molecule has 0 radical (unpaired) electrons. The molecule has 1 aromatic heterocycles. The predicted molar refractivity (Wildman–Crippen MR) is 36.9 cm³/mol. The number of hydrogen-bond acceptors (Lipinski definition) is 1. The second-order valence-corrected chi connectivity index (χ2v) is 2.57. The molecule has 0 amide bonds. The topological polar surface area (TPSA) is 12.9 Å². The summed E-state index contributed by atoms with van der Waals surface area (Å²) in [4.78, 5) is 2.93. The lowest BCUT2D eigenvalue weighted by Crippen LogP contribution is -1.89. The molecule has 0 atom stereocenters. The third kappa shape index (κ3) is 1.57. The number of halogens is 3. The molecular formula is C5H2F2IN. The maximum absolute atomic E-state index is 12.2. The van der Waals surface area contributed by atoms with Crippen molar-refractivity contribution in [1.82, 2.24) is 4.98 Å². The molecule has 9 heavy (non-hydrogen) atoms. The molecule has 0 aliphatic rings. The van der Waals surface area contributed by atoms with Crippen LogP contribution in [0.2, 0.25) is 0 Å². The van der Waals surface area contributed by atoms with E-state index in [2.05, 4.69) is 4.98 Å². The van der Waals surface area contributed by atoms with Gasteiger partial charge in [-0.15, -0.1) is 0 Å². The van der Waals surface area contributed by atoms with Crippen LogP contribution in [0.15, 0.2) is 12.1 Å². The Bertz CT molecular complexity index is 226. The first kappa shape index (κ1) is 6.85. The van der Waals surface area contributed by atoms with E-state index < -0.39 is 11.9 Å². The van der Waals surface area contributed by atoms with Gasteiger partial charge >= 0.3 is 0 Å². The number of nitrogens with zero attached hydrogens (tertiary/aromatic N) is 1. The number of hydrogen-bond donors (Lipinski definition) is 0. The van der Waals surface area contributed by atoms with Gasteiger partial charge in [0.2, 0.25) is 11.9 Å². The fourth-order valence-corrected chi connectivity index (χ4v) is 0.696. The van der Waals surface area contributed by atoms with Crippen molar-refractivity contribution in [2.75, 3.05) is 0 Å². The van der Waals surface area contributed by atoms with Crippen LogP contribution < -0.4 is 0 Å². The summed E-state index contributed by atoms with van der Waals surface area (Å²) in [6.07, 6.45) is 0. The van der Waals surface area contributed by atoms with Gasteiger partial charge in [-0.3, -0.25) is 0 Å². The molecule has 0 unspecified atom stereocenters. The van der Waals surface area contributed by atoms with Crippen LogP contribution in [0.3, 0.4) is 0 Å². The van der Waals surface area contributed by atoms with Gasteiger partial charge in [-0.1, -0.05) is 0 Å². The van der Waals surface area contributed by atoms with E-state index in [-0.39, 0.29) is 0 Å². The molecule has 1 rings (SSSR count). The SMILES string of the molecule is Fc1ccc(I)c(F)n1. The van der Waals surface area contributed by atoms with E-state index in [4.69, 9.17) is 0 Å². The molecule has 0 N–H and O–H groups in total. The van der Waals surface area contributed by atoms with Crippen LogP contribution in [0.1, 0.15) is 0 Å². The predicted octanol–water partition coefficient (Wildman–Crippen LogP) is 1.96. The second-order valence-electron chi connectivity index (χ2n) is 1.41. The molecule has 4 heteroatoms. The Hall–Kier alpha value is -0.260. The molecular weight excluding hydrogens is 239 g/mol. The average molecular weight is 241 g/mol. The van der Waals surface area contributed by atoms with Crippen molar-refractivity contribution in [3.63, 3.8) is 0 Å². The summed E-state index contributed by atoms with van der Waals surface area (Å²) >= 11 is 1.74. The Morgan fingerprint density at radius 3 is 2.44 bits per heavy atom. The maximum atomic E-state index is 12.2. The van der Waals surface area contributed by atoms with Crippen molar-refractivity contribution in [3.05, 3.63) is 27.6 Å². The van der Waals surface area contributed by atoms with Crippen molar-refractivity contribution in [2.24, 2.45) is 0 Å². The highest BCUT2D eigenvalue weighted by Gasteiger charge is 1.99. The van der Waals surface area contributed by atoms with E-state index in [1.54, 1.807) is 22.6 Å². The highest BCUT2D eigenvalue weighted by molar-refractivity contribution is 14.1. The summed E-state index contributed by atoms with van der Waals surface area (Å²) in [5.74, 6) is -1.54. The van der Waals surface area contributed by atoms with Crippen molar-refractivity contribution >= 4 is 22.6 Å². The Balaban J connectivity index is 3.17. The van der Waals surface area contributed by atoms with E-state index in [1.807, 2.05) is 0 Å². The maximum Gasteiger partial charge on any atom is 0.228 e. The Labute approximate surface area is 64.2 Å². The molecule has 0 aromatic carbocycles. The van der Waals surface area contributed by atoms with Gasteiger partial charge in [-0.2, -0.15) is 13.8 Å². The summed E-state index contributed by atoms with van der Waals surface area (Å²) < 4.78 is 24.5. The standard InChI is InChI=1S/C5H2F2IN/c6-4-2-1-3(8)5(7)9-4/h1-2H. The van der Waals surface area contributed by atoms with E-state index in [0.717, 1.165) is 6.07 Å². The van der Waals surface area contributed by atoms with E-state index >= 15 is 0 Å². The molecule has 1 aromatic rings. The van der Waals surface area contributed by atoms with Gasteiger partial charge in [-0.05, 0) is 34.7 Å². The van der Waals surface area contributed by atoms with Crippen LogP contribution >= 0.6 is 22.6 Å². The van der Waals surface area contributed by atoms with Gasteiger partial charge in [0.05, 0.1) is 3.57 Å². The fraction of sp³-hybridized carbons (Fsp3) is 0. The summed E-state index contributed by atoms with van der Waals surface area (Å²) in [7, 11) is 0. The molecule has 0 saturated carbocycles. The molecule has 0 aliphatic heterocycles. The monoisotopic (exact) mass is 241 g/mol. The lowest BCUT2D eigenvalue weighted by molar-refractivity contribution is 0.508. The Morgan fingerprint density at radius 2 is 2.00 bits per heavy atom. The molecule has 0 spiro atoms. The van der Waals surface area contributed by atoms with Gasteiger partial charge in [-0.25, -0.2) is 0 Å². The van der Waals surface area contributed by atoms with Crippen molar-refractivity contribution in [1.29, 1.82) is 0 Å². The first-order valence-electron chi connectivity index (χ1n) is 2.17. The highest BCUT2D eigenvalue weighted by atomic mass is 127. The lowest BCUT2D eigenvalue weighted by atomic mass is 10.5. The van der Waals surface area contributed by atoms with Crippen LogP contribution in [-0.2, 0) is 0 Å². The summed E-state index contributed by atoms with van der Waals surface area (Å²) in [5, 5.41) is 0. The van der Waals surface area contributed by atoms with Crippen LogP contribution in [0.25, 0.3) is 0 Å². The average Bonchev–Trinajstić information content (AvgIpc) is 1.80. The smallest absolute Gasteiger partial charge is 0.190 e. The van der Waals surface area contributed by atoms with Gasteiger partial charge < -0.3 is 0 Å². The minimum absolute atomic E-state index is 0.328. The fourth-order valence-electron chi connectivity index (χ4n) is 0.395. The molecule has 1 nitrogen and oxygen atoms in total. The summed E-state index contributed by atoms with van der Waals surface area (Å²) in [5.41, 5.74) is 0. The zero-order valence-electron chi connectivity index (χ0n) is 4.24. The zero-order valence-corrected chi connectivity index (χ0v) is 6.39. The summed E-state index contributed by atoms with van der Waals surface area (Å²) in [6, 6.07) is 2.45. The van der Waals surface area contributed by atoms with Crippen molar-refractivity contribution < 1.29 is 8.78 Å². The number of rotatable bonds is 0. The third-order valence-corrected chi connectivity index (χ3v) is 1.57. The summed E-state index contributed by atoms with van der Waals surface area (Å²) in [6.45, 7) is 0. The van der Waals surface area contributed by atoms with E-state index in [9.17, 15) is 8.78 Å². The number of pyridine rings is 1.